The van der Waals surface area contributed by atoms with Crippen LogP contribution in [0.5, 0.6) is 0 Å². The number of carbonyl (C=O) groups excluding carboxylic acids is 1. The van der Waals surface area contributed by atoms with Crippen LogP contribution in [-0.4, -0.2) is 5.91 Å². The van der Waals surface area contributed by atoms with Gasteiger partial charge < -0.3 is 11.1 Å². The highest BCUT2D eigenvalue weighted by Crippen LogP contribution is 2.27. The van der Waals surface area contributed by atoms with Crippen molar-refractivity contribution in [1.82, 2.24) is 0 Å². The van der Waals surface area contributed by atoms with Gasteiger partial charge in [-0.2, -0.15) is 0 Å². The lowest BCUT2D eigenvalue weighted by molar-refractivity contribution is 0.102. The summed E-state index contributed by atoms with van der Waals surface area (Å²) in [7, 11) is 0. The number of hydrogen-bond acceptors (Lipinski definition) is 2. The molecular weight excluding hydrogens is 354 g/mol. The van der Waals surface area contributed by atoms with Gasteiger partial charge in [-0.3, -0.25) is 4.79 Å². The summed E-state index contributed by atoms with van der Waals surface area (Å²) in [5.41, 5.74) is 6.05. The molecule has 0 atom stereocenters. The summed E-state index contributed by atoms with van der Waals surface area (Å²) in [6.45, 7) is 0. The van der Waals surface area contributed by atoms with Crippen molar-refractivity contribution in [1.29, 1.82) is 0 Å². The van der Waals surface area contributed by atoms with Crippen LogP contribution in [0.1, 0.15) is 10.4 Å². The van der Waals surface area contributed by atoms with Crippen LogP contribution in [-0.2, 0) is 0 Å². The lowest BCUT2D eigenvalue weighted by Crippen LogP contribution is -2.13. The molecule has 0 bridgehead atoms. The first-order valence-electron chi connectivity index (χ1n) is 5.39. The largest absolute Gasteiger partial charge is 0.398 e. The maximum absolute atomic E-state index is 13.6. The minimum Gasteiger partial charge on any atom is -0.398 e. The summed E-state index contributed by atoms with van der Waals surface area (Å²) in [5, 5.41) is 2.08. The van der Waals surface area contributed by atoms with E-state index in [9.17, 15) is 13.6 Å². The van der Waals surface area contributed by atoms with Crippen molar-refractivity contribution in [2.24, 2.45) is 0 Å². The molecule has 20 heavy (non-hydrogen) atoms. The predicted octanol–water partition coefficient (Wildman–Crippen LogP) is 4.22. The maximum Gasteiger partial charge on any atom is 0.255 e. The number of amides is 1. The van der Waals surface area contributed by atoms with Crippen LogP contribution in [0.25, 0.3) is 0 Å². The van der Waals surface area contributed by atoms with Crippen molar-refractivity contribution in [2.75, 3.05) is 11.1 Å². The highest BCUT2D eigenvalue weighted by atomic mass is 79.9. The van der Waals surface area contributed by atoms with Gasteiger partial charge in [0.15, 0.2) is 5.82 Å². The van der Waals surface area contributed by atoms with Crippen LogP contribution >= 0.6 is 27.5 Å². The Morgan fingerprint density at radius 3 is 2.55 bits per heavy atom. The summed E-state index contributed by atoms with van der Waals surface area (Å²) in [4.78, 5) is 12.0. The van der Waals surface area contributed by atoms with Crippen LogP contribution in [0.3, 0.4) is 0 Å². The number of hydrogen-bond donors (Lipinski definition) is 2. The van der Waals surface area contributed by atoms with Crippen molar-refractivity contribution in [2.45, 2.75) is 0 Å². The third kappa shape index (κ3) is 3.08. The second kappa shape index (κ2) is 5.76. The molecule has 0 aliphatic heterocycles. The van der Waals surface area contributed by atoms with E-state index in [1.807, 2.05) is 0 Å². The van der Waals surface area contributed by atoms with Gasteiger partial charge in [-0.25, -0.2) is 8.78 Å². The fourth-order valence-electron chi connectivity index (χ4n) is 1.52. The average Bonchev–Trinajstić information content (AvgIpc) is 2.36. The first kappa shape index (κ1) is 14.7. The van der Waals surface area contributed by atoms with Gasteiger partial charge in [-0.15, -0.1) is 0 Å². The van der Waals surface area contributed by atoms with Gasteiger partial charge in [0.05, 0.1) is 10.7 Å². The van der Waals surface area contributed by atoms with Crippen molar-refractivity contribution >= 4 is 44.8 Å². The smallest absolute Gasteiger partial charge is 0.255 e. The minimum absolute atomic E-state index is 0.217. The molecule has 104 valence electrons. The van der Waals surface area contributed by atoms with Gasteiger partial charge in [0, 0.05) is 21.8 Å². The molecule has 0 saturated heterocycles. The molecule has 0 spiro atoms. The Morgan fingerprint density at radius 1 is 1.25 bits per heavy atom. The van der Waals surface area contributed by atoms with Crippen LogP contribution < -0.4 is 11.1 Å². The quantitative estimate of drug-likeness (QED) is 0.787. The average molecular weight is 362 g/mol. The summed E-state index contributed by atoms with van der Waals surface area (Å²) < 4.78 is 27.0. The second-order valence-electron chi connectivity index (χ2n) is 3.93. The summed E-state index contributed by atoms with van der Waals surface area (Å²) in [5.74, 6) is -2.35. The Balaban J connectivity index is 2.30. The topological polar surface area (TPSA) is 55.1 Å². The van der Waals surface area contributed by atoms with Gasteiger partial charge in [0.25, 0.3) is 5.91 Å². The molecule has 2 rings (SSSR count). The number of halogens is 4. The van der Waals surface area contributed by atoms with Crippen molar-refractivity contribution in [3.63, 3.8) is 0 Å². The zero-order chi connectivity index (χ0) is 14.9. The number of nitrogen functional groups attached to an aromatic ring is 1. The Morgan fingerprint density at radius 2 is 1.95 bits per heavy atom. The molecule has 7 heteroatoms. The van der Waals surface area contributed by atoms with Crippen molar-refractivity contribution < 1.29 is 13.6 Å². The van der Waals surface area contributed by atoms with Gasteiger partial charge in [0.2, 0.25) is 0 Å². The molecule has 0 unspecified atom stereocenters. The zero-order valence-corrected chi connectivity index (χ0v) is 12.2. The molecule has 0 saturated carbocycles. The molecule has 0 radical (unpaired) electrons. The number of benzene rings is 2. The normalized spacial score (nSPS) is 10.4. The molecule has 1 amide bonds. The Labute approximate surface area is 126 Å². The monoisotopic (exact) mass is 360 g/mol. The highest BCUT2D eigenvalue weighted by Gasteiger charge is 2.14. The van der Waals surface area contributed by atoms with Gasteiger partial charge in [0.1, 0.15) is 5.82 Å². The molecule has 3 nitrogen and oxygen atoms in total. The molecule has 3 N–H and O–H groups in total. The number of nitrogens with two attached hydrogens (primary N) is 1. The van der Waals surface area contributed by atoms with Crippen LogP contribution in [0, 0.1) is 11.6 Å². The fraction of sp³-hybridized carbons (Fsp3) is 0. The van der Waals surface area contributed by atoms with E-state index in [0.717, 1.165) is 6.07 Å². The van der Waals surface area contributed by atoms with Crippen LogP contribution in [0.15, 0.2) is 34.8 Å². The molecule has 2 aromatic carbocycles. The van der Waals surface area contributed by atoms with E-state index in [-0.39, 0.29) is 16.3 Å². The number of nitrogens with one attached hydrogen (secondary N) is 1. The van der Waals surface area contributed by atoms with E-state index >= 15 is 0 Å². The van der Waals surface area contributed by atoms with E-state index in [0.29, 0.717) is 16.2 Å². The Hall–Kier alpha value is -1.66. The Kier molecular flexibility index (Phi) is 4.25. The van der Waals surface area contributed by atoms with Gasteiger partial charge in [-0.1, -0.05) is 11.6 Å². The highest BCUT2D eigenvalue weighted by molar-refractivity contribution is 9.10. The van der Waals surface area contributed by atoms with Gasteiger partial charge >= 0.3 is 0 Å². The molecule has 0 fully saturated rings. The van der Waals surface area contributed by atoms with E-state index in [4.69, 9.17) is 17.3 Å². The van der Waals surface area contributed by atoms with Crippen LogP contribution in [0.2, 0.25) is 5.02 Å². The summed E-state index contributed by atoms with van der Waals surface area (Å²) in [6, 6.07) is 6.05. The summed E-state index contributed by atoms with van der Waals surface area (Å²) >= 11 is 8.88. The standard InChI is InChI=1S/C13H8BrClF2N2O/c14-8-3-6(1-2-11(8)18)13(20)19-12-9(15)4-7(16)5-10(12)17/h1-5H,18H2,(H,19,20). The van der Waals surface area contributed by atoms with E-state index < -0.39 is 17.5 Å². The molecule has 0 aromatic heterocycles. The molecule has 0 heterocycles. The maximum atomic E-state index is 13.6. The third-order valence-corrected chi connectivity index (χ3v) is 3.49. The van der Waals surface area contributed by atoms with E-state index in [1.165, 1.54) is 18.2 Å². The van der Waals surface area contributed by atoms with Crippen molar-refractivity contribution in [3.05, 3.63) is 57.0 Å². The lowest BCUT2D eigenvalue weighted by Gasteiger charge is -2.09. The molecule has 0 aliphatic rings. The minimum atomic E-state index is -0.946. The fourth-order valence-corrected chi connectivity index (χ4v) is 2.14. The number of anilines is 2. The number of rotatable bonds is 2. The third-order valence-electron chi connectivity index (χ3n) is 2.51. The lowest BCUT2D eigenvalue weighted by atomic mass is 10.2. The molecular formula is C13H8BrClF2N2O. The van der Waals surface area contributed by atoms with E-state index in [1.54, 1.807) is 0 Å². The first-order chi connectivity index (χ1) is 9.38. The predicted molar refractivity (Wildman–Crippen MR) is 77.9 cm³/mol. The molecule has 0 aliphatic carbocycles. The van der Waals surface area contributed by atoms with E-state index in [2.05, 4.69) is 21.2 Å². The Bertz CT molecular complexity index is 671. The molecule has 2 aromatic rings. The number of carbonyl (C=O) groups is 1. The van der Waals surface area contributed by atoms with Gasteiger partial charge in [-0.05, 0) is 40.2 Å². The zero-order valence-electron chi connectivity index (χ0n) is 9.88. The SMILES string of the molecule is Nc1ccc(C(=O)Nc2c(F)cc(F)cc2Cl)cc1Br. The van der Waals surface area contributed by atoms with Crippen LogP contribution in [0.4, 0.5) is 20.2 Å². The first-order valence-corrected chi connectivity index (χ1v) is 6.56. The second-order valence-corrected chi connectivity index (χ2v) is 5.20. The van der Waals surface area contributed by atoms with Crippen molar-refractivity contribution in [3.8, 4) is 0 Å². The summed E-state index contributed by atoms with van der Waals surface area (Å²) in [6.07, 6.45) is 0.